The number of aryl methyl sites for hydroxylation is 3. The summed E-state index contributed by atoms with van der Waals surface area (Å²) in [7, 11) is 2.03. The Kier molecular flexibility index (Phi) is 13.4. The molecule has 250 valence electrons. The van der Waals surface area contributed by atoms with Gasteiger partial charge in [-0.3, -0.25) is 10.2 Å². The number of rotatable bonds is 11. The van der Waals surface area contributed by atoms with E-state index in [0.29, 0.717) is 18.8 Å². The zero-order valence-electron chi connectivity index (χ0n) is 26.6. The van der Waals surface area contributed by atoms with E-state index in [-0.39, 0.29) is 55.5 Å². The summed E-state index contributed by atoms with van der Waals surface area (Å²) in [5, 5.41) is 13.2. The van der Waals surface area contributed by atoms with Crippen LogP contribution in [-0.2, 0) is 37.8 Å². The van der Waals surface area contributed by atoms with Crippen molar-refractivity contribution in [2.45, 2.75) is 25.9 Å². The van der Waals surface area contributed by atoms with Crippen LogP contribution in [0.15, 0.2) is 109 Å². The maximum absolute atomic E-state index is 13.9. The number of nitrogen functional groups attached to an aromatic ring is 2. The van der Waals surface area contributed by atoms with Crippen LogP contribution >= 0.6 is 37.2 Å². The Morgan fingerprint density at radius 2 is 1.54 bits per heavy atom. The number of halogens is 3. The molecule has 1 aromatic heterocycles. The molecule has 0 spiro atoms. The van der Waals surface area contributed by atoms with Gasteiger partial charge in [-0.2, -0.15) is 0 Å². The van der Waals surface area contributed by atoms with Gasteiger partial charge >= 0.3 is 0 Å². The number of nitrogens with two attached hydrogens (primary N) is 2. The summed E-state index contributed by atoms with van der Waals surface area (Å²) in [4.78, 5) is 20.7. The minimum absolute atomic E-state index is 0. The summed E-state index contributed by atoms with van der Waals surface area (Å²) in [6.07, 6.45) is 1.57. The molecule has 5 aromatic carbocycles. The van der Waals surface area contributed by atoms with Crippen molar-refractivity contribution in [1.82, 2.24) is 14.9 Å². The van der Waals surface area contributed by atoms with E-state index in [1.54, 1.807) is 0 Å². The zero-order chi connectivity index (χ0) is 31.3. The number of aromatic nitrogens is 2. The molecular formula is C37H40Cl3N7O. The molecule has 0 radical (unpaired) electrons. The van der Waals surface area contributed by atoms with E-state index in [0.717, 1.165) is 68.4 Å². The van der Waals surface area contributed by atoms with E-state index < -0.39 is 0 Å². The molecule has 0 unspecified atom stereocenters. The maximum atomic E-state index is 13.9. The second-order valence-corrected chi connectivity index (χ2v) is 11.3. The predicted octanol–water partition coefficient (Wildman–Crippen LogP) is 6.97. The van der Waals surface area contributed by atoms with Crippen molar-refractivity contribution >= 4 is 82.1 Å². The summed E-state index contributed by atoms with van der Waals surface area (Å²) in [5.74, 6) is 1.01. The quantitative estimate of drug-likeness (QED) is 0.0659. The van der Waals surface area contributed by atoms with Crippen molar-refractivity contribution in [1.29, 1.82) is 5.41 Å². The lowest BCUT2D eigenvalue weighted by Gasteiger charge is -2.24. The first kappa shape index (κ1) is 37.9. The molecule has 0 atom stereocenters. The Balaban J connectivity index is 0.00000208. The average molecular weight is 705 g/mol. The zero-order valence-corrected chi connectivity index (χ0v) is 29.0. The molecule has 0 fully saturated rings. The fourth-order valence-corrected chi connectivity index (χ4v) is 5.71. The maximum Gasteiger partial charge on any atom is 0.241 e. The lowest BCUT2D eigenvalue weighted by Crippen LogP contribution is -2.37. The van der Waals surface area contributed by atoms with Crippen molar-refractivity contribution in [2.75, 3.05) is 17.2 Å². The number of anilines is 2. The van der Waals surface area contributed by atoms with Crippen molar-refractivity contribution < 1.29 is 4.79 Å². The normalized spacial score (nSPS) is 10.5. The number of nitrogens with one attached hydrogen (secondary N) is 2. The van der Waals surface area contributed by atoms with E-state index in [4.69, 9.17) is 21.9 Å². The van der Waals surface area contributed by atoms with E-state index in [1.165, 1.54) is 0 Å². The molecule has 0 saturated carbocycles. The van der Waals surface area contributed by atoms with Crippen LogP contribution in [0.1, 0.15) is 28.1 Å². The molecule has 48 heavy (non-hydrogen) atoms. The first-order chi connectivity index (χ1) is 21.9. The predicted molar refractivity (Wildman–Crippen MR) is 205 cm³/mol. The van der Waals surface area contributed by atoms with Gasteiger partial charge in [0.2, 0.25) is 5.91 Å². The van der Waals surface area contributed by atoms with Crippen molar-refractivity contribution in [3.63, 3.8) is 0 Å². The monoisotopic (exact) mass is 703 g/mol. The van der Waals surface area contributed by atoms with Gasteiger partial charge in [0.05, 0.1) is 24.1 Å². The van der Waals surface area contributed by atoms with E-state index >= 15 is 0 Å². The van der Waals surface area contributed by atoms with Crippen LogP contribution in [0.25, 0.3) is 21.8 Å². The van der Waals surface area contributed by atoms with Crippen LogP contribution in [0, 0.1) is 5.41 Å². The molecule has 6 N–H and O–H groups in total. The number of imidazole rings is 1. The summed E-state index contributed by atoms with van der Waals surface area (Å²) in [6.45, 7) is 1.18. The van der Waals surface area contributed by atoms with Crippen LogP contribution in [0.2, 0.25) is 0 Å². The molecule has 0 bridgehead atoms. The average Bonchev–Trinajstić information content (AvgIpc) is 3.37. The Morgan fingerprint density at radius 1 is 0.854 bits per heavy atom. The number of amidine groups is 1. The fraction of sp³-hybridized carbons (Fsp3) is 0.162. The third kappa shape index (κ3) is 8.65. The van der Waals surface area contributed by atoms with Gasteiger partial charge in [0.15, 0.2) is 0 Å². The highest BCUT2D eigenvalue weighted by atomic mass is 35.5. The standard InChI is InChI=1S/C37H37N7O.3ClH/c1-43-34-19-18-31(21-33(34)42-35(43)20-13-25-9-14-28(15-10-25)37(39)40)44(24-29-7-4-6-27-5-2-3-8-32(27)29)36(45)23-41-22-26-11-16-30(38)17-12-26;;;/h2-12,14-19,21,41H,13,20,22-24,38H2,1H3,(H3,39,40);3*1H. The molecule has 1 amide bonds. The summed E-state index contributed by atoms with van der Waals surface area (Å²) < 4.78 is 2.12. The number of carbonyl (C=O) groups excluding carboxylic acids is 1. The Hall–Kier alpha value is -4.60. The lowest BCUT2D eigenvalue weighted by atomic mass is 10.0. The lowest BCUT2D eigenvalue weighted by molar-refractivity contribution is -0.118. The molecule has 0 saturated heterocycles. The van der Waals surface area contributed by atoms with Crippen LogP contribution < -0.4 is 21.7 Å². The molecule has 11 heteroatoms. The van der Waals surface area contributed by atoms with Gasteiger partial charge in [-0.05, 0) is 64.2 Å². The van der Waals surface area contributed by atoms with Crippen LogP contribution in [0.4, 0.5) is 11.4 Å². The third-order valence-electron chi connectivity index (χ3n) is 8.27. The number of fused-ring (bicyclic) bond motifs is 2. The van der Waals surface area contributed by atoms with Crippen LogP contribution in [-0.4, -0.2) is 27.8 Å². The highest BCUT2D eigenvalue weighted by molar-refractivity contribution is 5.98. The number of nitrogens with zero attached hydrogens (tertiary/aromatic N) is 3. The number of amides is 1. The van der Waals surface area contributed by atoms with Crippen LogP contribution in [0.5, 0.6) is 0 Å². The number of carbonyl (C=O) groups is 1. The topological polar surface area (TPSA) is 126 Å². The molecule has 6 aromatic rings. The molecule has 8 nitrogen and oxygen atoms in total. The van der Waals surface area contributed by atoms with Crippen molar-refractivity contribution in [3.8, 4) is 0 Å². The van der Waals surface area contributed by atoms with Crippen molar-refractivity contribution in [2.24, 2.45) is 12.8 Å². The minimum atomic E-state index is -0.0251. The highest BCUT2D eigenvalue weighted by Gasteiger charge is 2.19. The summed E-state index contributed by atoms with van der Waals surface area (Å²) >= 11 is 0. The second kappa shape index (κ2) is 17.0. The van der Waals surface area contributed by atoms with Gasteiger partial charge in [-0.15, -0.1) is 37.2 Å². The van der Waals surface area contributed by atoms with E-state index in [9.17, 15) is 4.79 Å². The van der Waals surface area contributed by atoms with Gasteiger partial charge in [0.25, 0.3) is 0 Å². The van der Waals surface area contributed by atoms with E-state index in [1.807, 2.05) is 96.9 Å². The van der Waals surface area contributed by atoms with Gasteiger partial charge in [0, 0.05) is 37.0 Å². The minimum Gasteiger partial charge on any atom is -0.399 e. The van der Waals surface area contributed by atoms with Gasteiger partial charge < -0.3 is 26.3 Å². The molecule has 6 rings (SSSR count). The first-order valence-corrected chi connectivity index (χ1v) is 15.1. The highest BCUT2D eigenvalue weighted by Crippen LogP contribution is 2.27. The van der Waals surface area contributed by atoms with Crippen LogP contribution in [0.3, 0.4) is 0 Å². The molecular weight excluding hydrogens is 665 g/mol. The summed E-state index contributed by atoms with van der Waals surface area (Å²) in [6, 6.07) is 36.0. The Morgan fingerprint density at radius 3 is 2.27 bits per heavy atom. The number of hydrogen-bond donors (Lipinski definition) is 4. The van der Waals surface area contributed by atoms with Gasteiger partial charge in [-0.1, -0.05) is 78.9 Å². The Labute approximate surface area is 299 Å². The van der Waals surface area contributed by atoms with E-state index in [2.05, 4.69) is 34.1 Å². The molecule has 0 aliphatic heterocycles. The fourth-order valence-electron chi connectivity index (χ4n) is 5.71. The van der Waals surface area contributed by atoms with Crippen molar-refractivity contribution in [3.05, 3.63) is 137 Å². The summed E-state index contributed by atoms with van der Waals surface area (Å²) in [5.41, 5.74) is 18.8. The molecule has 0 aliphatic carbocycles. The third-order valence-corrected chi connectivity index (χ3v) is 8.27. The van der Waals surface area contributed by atoms with Gasteiger partial charge in [-0.25, -0.2) is 4.98 Å². The van der Waals surface area contributed by atoms with Gasteiger partial charge in [0.1, 0.15) is 11.7 Å². The second-order valence-electron chi connectivity index (χ2n) is 11.3. The Bertz CT molecular complexity index is 1990. The largest absolute Gasteiger partial charge is 0.399 e. The number of benzene rings is 5. The molecule has 0 aliphatic rings. The number of hydrogen-bond acceptors (Lipinski definition) is 5. The SMILES string of the molecule is Cl.Cl.Cl.Cn1c(CCc2ccc(C(=N)N)cc2)nc2cc(N(Cc3cccc4ccccc34)C(=O)CNCc3ccc(N)cc3)ccc21. The first-order valence-electron chi connectivity index (χ1n) is 15.1. The smallest absolute Gasteiger partial charge is 0.241 e. The molecule has 1 heterocycles.